The number of guanidine groups is 1. The van der Waals surface area contributed by atoms with Gasteiger partial charge in [0.1, 0.15) is 0 Å². The number of nitrogens with zero attached hydrogens (tertiary/aromatic N) is 3. The zero-order valence-corrected chi connectivity index (χ0v) is 11.7. The fourth-order valence-electron chi connectivity index (χ4n) is 1.39. The third-order valence-corrected chi connectivity index (χ3v) is 2.37. The zero-order chi connectivity index (χ0) is 10.7. The molecule has 1 heterocycles. The van der Waals surface area contributed by atoms with E-state index in [2.05, 4.69) is 15.4 Å². The quantitative estimate of drug-likeness (QED) is 0.482. The van der Waals surface area contributed by atoms with Gasteiger partial charge in [0.2, 0.25) is 0 Å². The van der Waals surface area contributed by atoms with Gasteiger partial charge in [-0.2, -0.15) is 5.10 Å². The standard InChI is InChI=1S/C10H17N5.HI/c1-15-7-8(6-13-15)4-5-12-10(11)14-9-2-3-9;/h6-7,9H,2-5H2,1H3,(H3,11,12,14);1H. The molecule has 1 fully saturated rings. The van der Waals surface area contributed by atoms with E-state index in [9.17, 15) is 0 Å². The number of aliphatic imine (C=N–C) groups is 1. The van der Waals surface area contributed by atoms with Crippen LogP contribution in [0.2, 0.25) is 0 Å². The summed E-state index contributed by atoms with van der Waals surface area (Å²) in [7, 11) is 1.91. The lowest BCUT2D eigenvalue weighted by Crippen LogP contribution is -2.33. The second-order valence-electron chi connectivity index (χ2n) is 3.96. The zero-order valence-electron chi connectivity index (χ0n) is 9.39. The Morgan fingerprint density at radius 1 is 1.69 bits per heavy atom. The predicted molar refractivity (Wildman–Crippen MR) is 75.0 cm³/mol. The number of aromatic nitrogens is 2. The number of halogens is 1. The first-order valence-corrected chi connectivity index (χ1v) is 5.28. The third kappa shape index (κ3) is 4.38. The van der Waals surface area contributed by atoms with Crippen molar-refractivity contribution in [1.82, 2.24) is 15.1 Å². The summed E-state index contributed by atoms with van der Waals surface area (Å²) < 4.78 is 1.80. The number of hydrogen-bond donors (Lipinski definition) is 2. The van der Waals surface area contributed by atoms with Crippen LogP contribution in [0.4, 0.5) is 0 Å². The molecule has 1 aliphatic rings. The molecule has 5 nitrogen and oxygen atoms in total. The smallest absolute Gasteiger partial charge is 0.188 e. The van der Waals surface area contributed by atoms with Crippen molar-refractivity contribution >= 4 is 29.9 Å². The van der Waals surface area contributed by atoms with E-state index >= 15 is 0 Å². The lowest BCUT2D eigenvalue weighted by atomic mass is 10.3. The Morgan fingerprint density at radius 2 is 2.44 bits per heavy atom. The van der Waals surface area contributed by atoms with Crippen molar-refractivity contribution in [3.05, 3.63) is 18.0 Å². The van der Waals surface area contributed by atoms with Gasteiger partial charge in [-0.05, 0) is 24.8 Å². The molecule has 0 spiro atoms. The molecule has 1 aromatic rings. The van der Waals surface area contributed by atoms with Crippen LogP contribution in [0.5, 0.6) is 0 Å². The molecule has 16 heavy (non-hydrogen) atoms. The van der Waals surface area contributed by atoms with Crippen LogP contribution >= 0.6 is 24.0 Å². The minimum Gasteiger partial charge on any atom is -0.370 e. The molecule has 2 rings (SSSR count). The van der Waals surface area contributed by atoms with Crippen LogP contribution in [-0.2, 0) is 13.5 Å². The highest BCUT2D eigenvalue weighted by molar-refractivity contribution is 14.0. The van der Waals surface area contributed by atoms with Gasteiger partial charge in [-0.1, -0.05) is 0 Å². The molecule has 6 heteroatoms. The summed E-state index contributed by atoms with van der Waals surface area (Å²) in [4.78, 5) is 4.26. The van der Waals surface area contributed by atoms with Gasteiger partial charge < -0.3 is 11.1 Å². The molecule has 0 aromatic carbocycles. The monoisotopic (exact) mass is 335 g/mol. The number of aryl methyl sites for hydroxylation is 1. The molecule has 90 valence electrons. The van der Waals surface area contributed by atoms with E-state index in [1.54, 1.807) is 4.68 Å². The van der Waals surface area contributed by atoms with Gasteiger partial charge in [0.05, 0.1) is 6.20 Å². The second kappa shape index (κ2) is 6.07. The summed E-state index contributed by atoms with van der Waals surface area (Å²) in [5, 5.41) is 7.25. The Labute approximate surface area is 113 Å². The molecular formula is C10H18IN5. The van der Waals surface area contributed by atoms with E-state index in [4.69, 9.17) is 5.73 Å². The highest BCUT2D eigenvalue weighted by atomic mass is 127. The molecule has 0 atom stereocenters. The number of nitrogens with two attached hydrogens (primary N) is 1. The molecule has 0 aliphatic heterocycles. The van der Waals surface area contributed by atoms with E-state index in [0.717, 1.165) is 13.0 Å². The van der Waals surface area contributed by atoms with Crippen molar-refractivity contribution in [3.8, 4) is 0 Å². The SMILES string of the molecule is Cn1cc(CCN=C(N)NC2CC2)cn1.I. The topological polar surface area (TPSA) is 68.2 Å². The molecular weight excluding hydrogens is 317 g/mol. The molecule has 1 saturated carbocycles. The molecule has 3 N–H and O–H groups in total. The van der Waals surface area contributed by atoms with Crippen LogP contribution < -0.4 is 11.1 Å². The molecule has 0 bridgehead atoms. The Morgan fingerprint density at radius 3 is 3.00 bits per heavy atom. The Bertz CT molecular complexity index is 356. The van der Waals surface area contributed by atoms with E-state index in [-0.39, 0.29) is 24.0 Å². The molecule has 0 saturated heterocycles. The number of rotatable bonds is 4. The van der Waals surface area contributed by atoms with Gasteiger partial charge >= 0.3 is 0 Å². The van der Waals surface area contributed by atoms with E-state index in [1.807, 2.05) is 19.4 Å². The van der Waals surface area contributed by atoms with E-state index in [1.165, 1.54) is 18.4 Å². The maximum absolute atomic E-state index is 5.70. The Balaban J connectivity index is 0.00000128. The number of hydrogen-bond acceptors (Lipinski definition) is 2. The third-order valence-electron chi connectivity index (χ3n) is 2.37. The van der Waals surface area contributed by atoms with Crippen molar-refractivity contribution in [1.29, 1.82) is 0 Å². The maximum atomic E-state index is 5.70. The molecule has 1 aliphatic carbocycles. The minimum atomic E-state index is 0. The average molecular weight is 335 g/mol. The van der Waals surface area contributed by atoms with Gasteiger partial charge in [0, 0.05) is 25.8 Å². The Hall–Kier alpha value is -0.790. The summed E-state index contributed by atoms with van der Waals surface area (Å²) in [6, 6.07) is 0.576. The summed E-state index contributed by atoms with van der Waals surface area (Å²) in [5.74, 6) is 0.571. The summed E-state index contributed by atoms with van der Waals surface area (Å²) >= 11 is 0. The average Bonchev–Trinajstić information content (AvgIpc) is 2.89. The molecule has 1 aromatic heterocycles. The largest absolute Gasteiger partial charge is 0.370 e. The van der Waals surface area contributed by atoms with Crippen LogP contribution in [0.25, 0.3) is 0 Å². The van der Waals surface area contributed by atoms with Crippen molar-refractivity contribution in [3.63, 3.8) is 0 Å². The first kappa shape index (κ1) is 13.3. The van der Waals surface area contributed by atoms with Gasteiger partial charge in [-0.15, -0.1) is 24.0 Å². The highest BCUT2D eigenvalue weighted by Crippen LogP contribution is 2.17. The summed E-state index contributed by atoms with van der Waals surface area (Å²) in [5.41, 5.74) is 6.90. The van der Waals surface area contributed by atoms with Crippen LogP contribution in [0, 0.1) is 0 Å². The predicted octanol–water partition coefficient (Wildman–Crippen LogP) is 0.647. The van der Waals surface area contributed by atoms with Crippen LogP contribution in [0.3, 0.4) is 0 Å². The van der Waals surface area contributed by atoms with Gasteiger partial charge in [-0.25, -0.2) is 0 Å². The van der Waals surface area contributed by atoms with Crippen LogP contribution in [0.1, 0.15) is 18.4 Å². The fraction of sp³-hybridized carbons (Fsp3) is 0.600. The molecule has 0 radical (unpaired) electrons. The molecule has 0 unspecified atom stereocenters. The number of nitrogens with one attached hydrogen (secondary N) is 1. The van der Waals surface area contributed by atoms with Gasteiger partial charge in [-0.3, -0.25) is 9.67 Å². The van der Waals surface area contributed by atoms with Gasteiger partial charge in [0.15, 0.2) is 5.96 Å². The summed E-state index contributed by atoms with van der Waals surface area (Å²) in [6.45, 7) is 0.719. The van der Waals surface area contributed by atoms with Crippen molar-refractivity contribution < 1.29 is 0 Å². The highest BCUT2D eigenvalue weighted by Gasteiger charge is 2.21. The lowest BCUT2D eigenvalue weighted by Gasteiger charge is -2.01. The first-order chi connectivity index (χ1) is 7.24. The van der Waals surface area contributed by atoms with Gasteiger partial charge in [0.25, 0.3) is 0 Å². The first-order valence-electron chi connectivity index (χ1n) is 5.28. The van der Waals surface area contributed by atoms with Crippen molar-refractivity contribution in [2.45, 2.75) is 25.3 Å². The van der Waals surface area contributed by atoms with Crippen molar-refractivity contribution in [2.24, 2.45) is 17.8 Å². The van der Waals surface area contributed by atoms with Crippen LogP contribution in [0.15, 0.2) is 17.4 Å². The maximum Gasteiger partial charge on any atom is 0.188 e. The lowest BCUT2D eigenvalue weighted by molar-refractivity contribution is 0.766. The Kier molecular flexibility index (Phi) is 5.04. The van der Waals surface area contributed by atoms with E-state index in [0.29, 0.717) is 12.0 Å². The van der Waals surface area contributed by atoms with E-state index < -0.39 is 0 Å². The second-order valence-corrected chi connectivity index (χ2v) is 3.96. The van der Waals surface area contributed by atoms with Crippen molar-refractivity contribution in [2.75, 3.05) is 6.54 Å². The fourth-order valence-corrected chi connectivity index (χ4v) is 1.39. The summed E-state index contributed by atoms with van der Waals surface area (Å²) in [6.07, 6.45) is 7.19. The normalized spacial score (nSPS) is 15.7. The van der Waals surface area contributed by atoms with Crippen LogP contribution in [-0.4, -0.2) is 28.3 Å². The molecule has 0 amide bonds. The minimum absolute atomic E-state index is 0.